The van der Waals surface area contributed by atoms with Gasteiger partial charge in [-0.25, -0.2) is 13.2 Å². The number of nitrogens with zero attached hydrogens (tertiary/aromatic N) is 2. The molecule has 0 bridgehead atoms. The van der Waals surface area contributed by atoms with Crippen molar-refractivity contribution in [3.63, 3.8) is 0 Å². The first-order chi connectivity index (χ1) is 16.3. The van der Waals surface area contributed by atoms with Crippen molar-refractivity contribution in [3.8, 4) is 5.75 Å². The molecule has 2 fully saturated rings. The van der Waals surface area contributed by atoms with Crippen molar-refractivity contribution in [2.75, 3.05) is 25.6 Å². The predicted molar refractivity (Wildman–Crippen MR) is 127 cm³/mol. The number of esters is 1. The van der Waals surface area contributed by atoms with Gasteiger partial charge in [0.2, 0.25) is 0 Å². The lowest BCUT2D eigenvalue weighted by Crippen LogP contribution is -2.46. The molecule has 8 nitrogen and oxygen atoms in total. The van der Waals surface area contributed by atoms with E-state index >= 15 is 0 Å². The third kappa shape index (κ3) is 4.24. The zero-order chi connectivity index (χ0) is 24.5. The summed E-state index contributed by atoms with van der Waals surface area (Å²) < 4.78 is 37.9. The van der Waals surface area contributed by atoms with Crippen LogP contribution in [-0.4, -0.2) is 58.5 Å². The molecule has 0 radical (unpaired) electrons. The molecular weight excluding hydrogens is 456 g/mol. The Morgan fingerprint density at radius 2 is 1.68 bits per heavy atom. The fourth-order valence-corrected chi connectivity index (χ4v) is 6.40. The summed E-state index contributed by atoms with van der Waals surface area (Å²) in [5, 5.41) is 0. The van der Waals surface area contributed by atoms with Crippen LogP contribution in [0.25, 0.3) is 0 Å². The highest BCUT2D eigenvalue weighted by atomic mass is 32.2. The van der Waals surface area contributed by atoms with Crippen molar-refractivity contribution < 1.29 is 27.5 Å². The molecule has 4 rings (SSSR count). The molecule has 2 aromatic carbocycles. The van der Waals surface area contributed by atoms with Gasteiger partial charge in [0, 0.05) is 18.7 Å². The summed E-state index contributed by atoms with van der Waals surface area (Å²) in [4.78, 5) is 27.6. The first-order valence-corrected chi connectivity index (χ1v) is 12.9. The molecule has 0 N–H and O–H groups in total. The van der Waals surface area contributed by atoms with Crippen molar-refractivity contribution in [1.29, 1.82) is 0 Å². The maximum atomic E-state index is 13.5. The van der Waals surface area contributed by atoms with Gasteiger partial charge in [0.1, 0.15) is 11.8 Å². The molecule has 1 aliphatic carbocycles. The molecule has 0 unspecified atom stereocenters. The summed E-state index contributed by atoms with van der Waals surface area (Å²) in [5.41, 5.74) is 0.755. The number of hydrogen-bond donors (Lipinski definition) is 0. The first kappa shape index (κ1) is 24.1. The van der Waals surface area contributed by atoms with Gasteiger partial charge >= 0.3 is 5.97 Å². The number of hydrogen-bond acceptors (Lipinski definition) is 6. The molecule has 34 heavy (non-hydrogen) atoms. The number of amides is 1. The number of para-hydroxylation sites is 2. The normalized spacial score (nSPS) is 22.1. The van der Waals surface area contributed by atoms with Crippen LogP contribution < -0.4 is 9.04 Å². The van der Waals surface area contributed by atoms with Crippen molar-refractivity contribution in [3.05, 3.63) is 54.1 Å². The van der Waals surface area contributed by atoms with Crippen LogP contribution in [0.1, 0.15) is 42.5 Å². The SMILES string of the molecule is COC(=O)[C@@H]1C[C@@H]2CCCC[C@@H]2N1C(=O)c1ccc(S(=O)(=O)N(C)c2ccccc2OC)cc1. The Morgan fingerprint density at radius 1 is 1.00 bits per heavy atom. The monoisotopic (exact) mass is 486 g/mol. The number of rotatable bonds is 6. The number of anilines is 1. The fourth-order valence-electron chi connectivity index (χ4n) is 5.19. The number of likely N-dealkylation sites (tertiary alicyclic amines) is 1. The van der Waals surface area contributed by atoms with Gasteiger partial charge in [-0.05, 0) is 61.6 Å². The van der Waals surface area contributed by atoms with E-state index in [4.69, 9.17) is 9.47 Å². The summed E-state index contributed by atoms with van der Waals surface area (Å²) in [6.07, 6.45) is 4.59. The predicted octanol–water partition coefficient (Wildman–Crippen LogP) is 3.47. The van der Waals surface area contributed by atoms with Gasteiger partial charge in [0.05, 0.1) is 24.8 Å². The van der Waals surface area contributed by atoms with Crippen LogP contribution >= 0.6 is 0 Å². The van der Waals surface area contributed by atoms with Gasteiger partial charge in [0.15, 0.2) is 0 Å². The molecule has 1 aliphatic heterocycles. The van der Waals surface area contributed by atoms with Crippen LogP contribution in [0, 0.1) is 5.92 Å². The number of ether oxygens (including phenoxy) is 2. The molecule has 0 aromatic heterocycles. The molecule has 2 aliphatic rings. The van der Waals surface area contributed by atoms with E-state index in [0.29, 0.717) is 23.4 Å². The van der Waals surface area contributed by atoms with Crippen LogP contribution in [-0.2, 0) is 19.6 Å². The highest BCUT2D eigenvalue weighted by Crippen LogP contribution is 2.41. The summed E-state index contributed by atoms with van der Waals surface area (Å²) in [6, 6.07) is 12.1. The van der Waals surface area contributed by atoms with Gasteiger partial charge in [-0.3, -0.25) is 9.10 Å². The Labute approximate surface area is 200 Å². The average Bonchev–Trinajstić information content (AvgIpc) is 3.27. The van der Waals surface area contributed by atoms with E-state index in [0.717, 1.165) is 30.0 Å². The van der Waals surface area contributed by atoms with Crippen LogP contribution in [0.5, 0.6) is 5.75 Å². The molecule has 1 heterocycles. The largest absolute Gasteiger partial charge is 0.495 e. The van der Waals surface area contributed by atoms with Gasteiger partial charge in [-0.2, -0.15) is 0 Å². The van der Waals surface area contributed by atoms with E-state index in [1.807, 2.05) is 0 Å². The van der Waals surface area contributed by atoms with E-state index in [2.05, 4.69) is 0 Å². The van der Waals surface area contributed by atoms with Gasteiger partial charge in [-0.15, -0.1) is 0 Å². The lowest BCUT2D eigenvalue weighted by atomic mass is 9.84. The quantitative estimate of drug-likeness (QED) is 0.581. The Kier molecular flexibility index (Phi) is 6.84. The minimum Gasteiger partial charge on any atom is -0.495 e. The van der Waals surface area contributed by atoms with Crippen LogP contribution in [0.15, 0.2) is 53.4 Å². The number of sulfonamides is 1. The molecule has 3 atom stereocenters. The fraction of sp³-hybridized carbons (Fsp3) is 0.440. The van der Waals surface area contributed by atoms with Crippen molar-refractivity contribution >= 4 is 27.6 Å². The van der Waals surface area contributed by atoms with Crippen molar-refractivity contribution in [2.45, 2.75) is 49.1 Å². The highest BCUT2D eigenvalue weighted by molar-refractivity contribution is 7.92. The Hall–Kier alpha value is -3.07. The first-order valence-electron chi connectivity index (χ1n) is 11.4. The Morgan fingerprint density at radius 3 is 2.35 bits per heavy atom. The van der Waals surface area contributed by atoms with E-state index < -0.39 is 22.0 Å². The lowest BCUT2D eigenvalue weighted by Gasteiger charge is -2.33. The summed E-state index contributed by atoms with van der Waals surface area (Å²) >= 11 is 0. The number of carbonyl (C=O) groups is 2. The van der Waals surface area contributed by atoms with Crippen LogP contribution in [0.4, 0.5) is 5.69 Å². The third-order valence-corrected chi connectivity index (χ3v) is 8.77. The molecular formula is C25H30N2O6S. The standard InChI is InChI=1S/C25H30N2O6S/c1-26(21-10-6-7-11-23(21)32-2)34(30,31)19-14-12-17(13-15-19)24(28)27-20-9-5-4-8-18(20)16-22(27)25(29)33-3/h6-7,10-15,18,20,22H,4-5,8-9,16H2,1-3H3/t18-,20-,22-/m0/s1. The highest BCUT2D eigenvalue weighted by Gasteiger charge is 2.48. The van der Waals surface area contributed by atoms with E-state index in [1.165, 1.54) is 45.5 Å². The number of fused-ring (bicyclic) bond motifs is 1. The summed E-state index contributed by atoms with van der Waals surface area (Å²) in [6.45, 7) is 0. The second-order valence-electron chi connectivity index (χ2n) is 8.77. The summed E-state index contributed by atoms with van der Waals surface area (Å²) in [7, 11) is 0.401. The van der Waals surface area contributed by atoms with Gasteiger partial charge < -0.3 is 14.4 Å². The van der Waals surface area contributed by atoms with Crippen molar-refractivity contribution in [2.24, 2.45) is 5.92 Å². The minimum absolute atomic E-state index is 0.00504. The van der Waals surface area contributed by atoms with Gasteiger partial charge in [0.25, 0.3) is 15.9 Å². The third-order valence-electron chi connectivity index (χ3n) is 6.98. The number of benzene rings is 2. The number of carbonyl (C=O) groups excluding carboxylic acids is 2. The molecule has 1 amide bonds. The second-order valence-corrected chi connectivity index (χ2v) is 10.7. The average molecular weight is 487 g/mol. The maximum absolute atomic E-state index is 13.5. The second kappa shape index (κ2) is 9.66. The van der Waals surface area contributed by atoms with Crippen LogP contribution in [0.2, 0.25) is 0 Å². The Balaban J connectivity index is 1.60. The zero-order valence-electron chi connectivity index (χ0n) is 19.6. The Bertz CT molecular complexity index is 1160. The van der Waals surface area contributed by atoms with Gasteiger partial charge in [-0.1, -0.05) is 25.0 Å². The van der Waals surface area contributed by atoms with Crippen molar-refractivity contribution in [1.82, 2.24) is 4.90 Å². The molecule has 9 heteroatoms. The number of methoxy groups -OCH3 is 2. The lowest BCUT2D eigenvalue weighted by molar-refractivity contribution is -0.145. The molecule has 182 valence electrons. The molecule has 2 aromatic rings. The topological polar surface area (TPSA) is 93.2 Å². The summed E-state index contributed by atoms with van der Waals surface area (Å²) in [5.74, 6) is 0.0495. The maximum Gasteiger partial charge on any atom is 0.328 e. The molecule has 1 saturated heterocycles. The zero-order valence-corrected chi connectivity index (χ0v) is 20.5. The van der Waals surface area contributed by atoms with E-state index in [1.54, 1.807) is 29.2 Å². The molecule has 1 saturated carbocycles. The van der Waals surface area contributed by atoms with E-state index in [-0.39, 0.29) is 22.8 Å². The smallest absolute Gasteiger partial charge is 0.328 e. The molecule has 0 spiro atoms. The minimum atomic E-state index is -3.88. The van der Waals surface area contributed by atoms with E-state index in [9.17, 15) is 18.0 Å². The van der Waals surface area contributed by atoms with Crippen LogP contribution in [0.3, 0.4) is 0 Å².